The first-order chi connectivity index (χ1) is 7.25. The Morgan fingerprint density at radius 3 is 3.13 bits per heavy atom. The van der Waals surface area contributed by atoms with E-state index in [0.717, 1.165) is 0 Å². The minimum absolute atomic E-state index is 0.216. The lowest BCUT2D eigenvalue weighted by Gasteiger charge is -2.05. The number of hydrogen-bond acceptors (Lipinski definition) is 5. The highest BCUT2D eigenvalue weighted by atomic mass is 35.5. The normalized spacial score (nSPS) is 10.2. The molecule has 0 aliphatic carbocycles. The minimum atomic E-state index is 0.216. The highest BCUT2D eigenvalue weighted by Crippen LogP contribution is 2.19. The van der Waals surface area contributed by atoms with E-state index in [9.17, 15) is 0 Å². The standard InChI is InChI=1S/C9H9ClN4S/c10-7-5-13-9(11)14-8(7)12-4-6-2-1-3-15-6/h1-3,5H,4H2,(H3,11,12,13,14). The average molecular weight is 241 g/mol. The smallest absolute Gasteiger partial charge is 0.222 e. The summed E-state index contributed by atoms with van der Waals surface area (Å²) in [4.78, 5) is 8.99. The lowest BCUT2D eigenvalue weighted by Crippen LogP contribution is -2.03. The fourth-order valence-electron chi connectivity index (χ4n) is 1.09. The van der Waals surface area contributed by atoms with Crippen LogP contribution in [0.3, 0.4) is 0 Å². The number of nitrogens with two attached hydrogens (primary N) is 1. The maximum Gasteiger partial charge on any atom is 0.222 e. The molecular formula is C9H9ClN4S. The average Bonchev–Trinajstić information content (AvgIpc) is 2.72. The first kappa shape index (κ1) is 10.2. The van der Waals surface area contributed by atoms with Gasteiger partial charge in [-0.1, -0.05) is 17.7 Å². The summed E-state index contributed by atoms with van der Waals surface area (Å²) in [5, 5.41) is 5.60. The van der Waals surface area contributed by atoms with Gasteiger partial charge in [0, 0.05) is 4.88 Å². The second-order valence-corrected chi connectivity index (χ2v) is 4.30. The molecule has 0 atom stereocenters. The maximum absolute atomic E-state index is 5.90. The Hall–Kier alpha value is -1.33. The third-order valence-electron chi connectivity index (χ3n) is 1.77. The number of rotatable bonds is 3. The number of nitrogen functional groups attached to an aromatic ring is 1. The fourth-order valence-corrected chi connectivity index (χ4v) is 1.89. The van der Waals surface area contributed by atoms with Crippen molar-refractivity contribution in [3.05, 3.63) is 33.6 Å². The molecule has 15 heavy (non-hydrogen) atoms. The summed E-state index contributed by atoms with van der Waals surface area (Å²) in [5.41, 5.74) is 5.46. The quantitative estimate of drug-likeness (QED) is 0.865. The second kappa shape index (κ2) is 4.46. The third kappa shape index (κ3) is 2.57. The van der Waals surface area contributed by atoms with Crippen LogP contribution < -0.4 is 11.1 Å². The van der Waals surface area contributed by atoms with Gasteiger partial charge in [-0.25, -0.2) is 4.98 Å². The van der Waals surface area contributed by atoms with Crippen molar-refractivity contribution < 1.29 is 0 Å². The lowest BCUT2D eigenvalue weighted by atomic mass is 10.4. The first-order valence-electron chi connectivity index (χ1n) is 4.30. The van der Waals surface area contributed by atoms with Crippen molar-refractivity contribution in [3.8, 4) is 0 Å². The summed E-state index contributed by atoms with van der Waals surface area (Å²) in [5.74, 6) is 0.783. The summed E-state index contributed by atoms with van der Waals surface area (Å²) >= 11 is 7.57. The molecule has 0 aromatic carbocycles. The van der Waals surface area contributed by atoms with E-state index in [1.54, 1.807) is 11.3 Å². The van der Waals surface area contributed by atoms with Gasteiger partial charge in [-0.05, 0) is 11.4 Å². The number of anilines is 2. The zero-order valence-electron chi connectivity index (χ0n) is 7.77. The van der Waals surface area contributed by atoms with Crippen LogP contribution in [0.25, 0.3) is 0 Å². The number of nitrogens with one attached hydrogen (secondary N) is 1. The van der Waals surface area contributed by atoms with Crippen molar-refractivity contribution in [2.45, 2.75) is 6.54 Å². The summed E-state index contributed by atoms with van der Waals surface area (Å²) < 4.78 is 0. The monoisotopic (exact) mass is 240 g/mol. The van der Waals surface area contributed by atoms with Gasteiger partial charge < -0.3 is 11.1 Å². The molecule has 0 amide bonds. The first-order valence-corrected chi connectivity index (χ1v) is 5.56. The minimum Gasteiger partial charge on any atom is -0.368 e. The van der Waals surface area contributed by atoms with Crippen LogP contribution in [-0.4, -0.2) is 9.97 Å². The van der Waals surface area contributed by atoms with Crippen molar-refractivity contribution >= 4 is 34.7 Å². The van der Waals surface area contributed by atoms with Gasteiger partial charge in [0.1, 0.15) is 5.02 Å². The van der Waals surface area contributed by atoms with Gasteiger partial charge in [-0.3, -0.25) is 0 Å². The summed E-state index contributed by atoms with van der Waals surface area (Å²) in [6.07, 6.45) is 1.49. The van der Waals surface area contributed by atoms with Crippen LogP contribution in [0.5, 0.6) is 0 Å². The molecule has 2 heterocycles. The van der Waals surface area contributed by atoms with E-state index in [0.29, 0.717) is 17.4 Å². The Kier molecular flexibility index (Phi) is 3.03. The van der Waals surface area contributed by atoms with Gasteiger partial charge in [0.15, 0.2) is 5.82 Å². The van der Waals surface area contributed by atoms with Gasteiger partial charge >= 0.3 is 0 Å². The van der Waals surface area contributed by atoms with Crippen molar-refractivity contribution in [2.75, 3.05) is 11.1 Å². The van der Waals surface area contributed by atoms with Crippen LogP contribution in [0.4, 0.5) is 11.8 Å². The van der Waals surface area contributed by atoms with Crippen LogP contribution in [0.15, 0.2) is 23.7 Å². The fraction of sp³-hybridized carbons (Fsp3) is 0.111. The second-order valence-electron chi connectivity index (χ2n) is 2.86. The Balaban J connectivity index is 2.07. The molecule has 0 saturated carbocycles. The molecule has 0 spiro atoms. The molecule has 0 radical (unpaired) electrons. The molecule has 0 aliphatic rings. The van der Waals surface area contributed by atoms with E-state index in [4.69, 9.17) is 17.3 Å². The highest BCUT2D eigenvalue weighted by Gasteiger charge is 2.03. The molecule has 6 heteroatoms. The van der Waals surface area contributed by atoms with E-state index in [-0.39, 0.29) is 5.95 Å². The van der Waals surface area contributed by atoms with Gasteiger partial charge in [0.25, 0.3) is 0 Å². The van der Waals surface area contributed by atoms with E-state index in [1.165, 1.54) is 11.1 Å². The van der Waals surface area contributed by atoms with Crippen molar-refractivity contribution in [1.29, 1.82) is 0 Å². The van der Waals surface area contributed by atoms with E-state index in [1.807, 2.05) is 17.5 Å². The Morgan fingerprint density at radius 2 is 2.40 bits per heavy atom. The molecule has 2 rings (SSSR count). The highest BCUT2D eigenvalue weighted by molar-refractivity contribution is 7.09. The molecule has 2 aromatic heterocycles. The topological polar surface area (TPSA) is 63.8 Å². The summed E-state index contributed by atoms with van der Waals surface area (Å²) in [6, 6.07) is 4.04. The van der Waals surface area contributed by atoms with E-state index < -0.39 is 0 Å². The molecule has 0 unspecified atom stereocenters. The van der Waals surface area contributed by atoms with Crippen molar-refractivity contribution in [2.24, 2.45) is 0 Å². The van der Waals surface area contributed by atoms with Crippen molar-refractivity contribution in [1.82, 2.24) is 9.97 Å². The number of nitrogens with zero attached hydrogens (tertiary/aromatic N) is 2. The molecule has 0 aliphatic heterocycles. The van der Waals surface area contributed by atoms with Crippen LogP contribution in [0, 0.1) is 0 Å². The number of aromatic nitrogens is 2. The van der Waals surface area contributed by atoms with Crippen LogP contribution in [0.1, 0.15) is 4.88 Å². The van der Waals surface area contributed by atoms with E-state index >= 15 is 0 Å². The SMILES string of the molecule is Nc1ncc(Cl)c(NCc2cccs2)n1. The maximum atomic E-state index is 5.90. The zero-order chi connectivity index (χ0) is 10.7. The molecular weight excluding hydrogens is 232 g/mol. The largest absolute Gasteiger partial charge is 0.368 e. The Bertz CT molecular complexity index is 443. The molecule has 4 nitrogen and oxygen atoms in total. The predicted octanol–water partition coefficient (Wildman–Crippen LogP) is 2.39. The Morgan fingerprint density at radius 1 is 1.53 bits per heavy atom. The molecule has 0 fully saturated rings. The van der Waals surface area contributed by atoms with Gasteiger partial charge in [-0.2, -0.15) is 4.98 Å². The zero-order valence-corrected chi connectivity index (χ0v) is 9.35. The predicted molar refractivity (Wildman–Crippen MR) is 63.1 cm³/mol. The van der Waals surface area contributed by atoms with Gasteiger partial charge in [0.2, 0.25) is 5.95 Å². The van der Waals surface area contributed by atoms with Crippen LogP contribution in [0.2, 0.25) is 5.02 Å². The van der Waals surface area contributed by atoms with Crippen LogP contribution >= 0.6 is 22.9 Å². The molecule has 0 saturated heterocycles. The summed E-state index contributed by atoms with van der Waals surface area (Å²) in [7, 11) is 0. The van der Waals surface area contributed by atoms with Crippen LogP contribution in [-0.2, 0) is 6.54 Å². The van der Waals surface area contributed by atoms with E-state index in [2.05, 4.69) is 15.3 Å². The molecule has 0 bridgehead atoms. The lowest BCUT2D eigenvalue weighted by molar-refractivity contribution is 1.11. The van der Waals surface area contributed by atoms with Gasteiger partial charge in [-0.15, -0.1) is 11.3 Å². The van der Waals surface area contributed by atoms with Crippen molar-refractivity contribution in [3.63, 3.8) is 0 Å². The molecule has 78 valence electrons. The molecule has 3 N–H and O–H groups in total. The third-order valence-corrected chi connectivity index (χ3v) is 2.93. The Labute approximate surface area is 96.1 Å². The number of halogens is 1. The number of hydrogen-bond donors (Lipinski definition) is 2. The van der Waals surface area contributed by atoms with Gasteiger partial charge in [0.05, 0.1) is 12.7 Å². The molecule has 2 aromatic rings. The number of thiophene rings is 1. The summed E-state index contributed by atoms with van der Waals surface area (Å²) in [6.45, 7) is 0.688.